The predicted molar refractivity (Wildman–Crippen MR) is 80.5 cm³/mol. The van der Waals surface area contributed by atoms with Gasteiger partial charge in [0.2, 0.25) is 5.91 Å². The molecule has 1 saturated heterocycles. The van der Waals surface area contributed by atoms with Crippen molar-refractivity contribution in [1.29, 1.82) is 0 Å². The van der Waals surface area contributed by atoms with E-state index in [1.54, 1.807) is 0 Å². The second-order valence-electron chi connectivity index (χ2n) is 5.91. The Labute approximate surface area is 125 Å². The number of likely N-dealkylation sites (tertiary alicyclic amines) is 1. The molecule has 1 amide bonds. The van der Waals surface area contributed by atoms with Crippen LogP contribution in [0, 0.1) is 0 Å². The summed E-state index contributed by atoms with van der Waals surface area (Å²) in [6.07, 6.45) is 5.92. The summed E-state index contributed by atoms with van der Waals surface area (Å²) < 4.78 is 0. The molecule has 2 atom stereocenters. The lowest BCUT2D eigenvalue weighted by atomic mass is 9.89. The van der Waals surface area contributed by atoms with Crippen molar-refractivity contribution < 1.29 is 4.79 Å². The number of benzene rings is 1. The average molecular weight is 293 g/mol. The van der Waals surface area contributed by atoms with Crippen molar-refractivity contribution in [2.45, 2.75) is 56.7 Å². The maximum Gasteiger partial charge on any atom is 0.223 e. The predicted octanol–water partition coefficient (Wildman–Crippen LogP) is 3.27. The fraction of sp³-hybridized carbons (Fsp3) is 0.562. The second kappa shape index (κ2) is 5.74. The van der Waals surface area contributed by atoms with Gasteiger partial charge in [-0.1, -0.05) is 42.6 Å². The van der Waals surface area contributed by atoms with Gasteiger partial charge in [0.25, 0.3) is 0 Å². The molecule has 20 heavy (non-hydrogen) atoms. The Balaban J connectivity index is 1.98. The summed E-state index contributed by atoms with van der Waals surface area (Å²) in [5.41, 5.74) is 7.35. The van der Waals surface area contributed by atoms with Crippen LogP contribution in [-0.2, 0) is 4.79 Å². The fourth-order valence-corrected chi connectivity index (χ4v) is 3.89. The van der Waals surface area contributed by atoms with Crippen LogP contribution >= 0.6 is 11.6 Å². The van der Waals surface area contributed by atoms with Crippen LogP contribution in [0.3, 0.4) is 0 Å². The summed E-state index contributed by atoms with van der Waals surface area (Å²) in [6.45, 7) is 0. The quantitative estimate of drug-likeness (QED) is 0.909. The van der Waals surface area contributed by atoms with E-state index in [0.29, 0.717) is 17.5 Å². The minimum Gasteiger partial charge on any atom is -0.331 e. The van der Waals surface area contributed by atoms with Gasteiger partial charge in [-0.05, 0) is 30.9 Å². The summed E-state index contributed by atoms with van der Waals surface area (Å²) in [5.74, 6) is 0.239. The highest BCUT2D eigenvalue weighted by Gasteiger charge is 2.40. The second-order valence-corrected chi connectivity index (χ2v) is 6.32. The maximum absolute atomic E-state index is 12.4. The molecule has 1 heterocycles. The van der Waals surface area contributed by atoms with Crippen LogP contribution in [0.15, 0.2) is 24.3 Å². The van der Waals surface area contributed by atoms with E-state index in [9.17, 15) is 4.79 Å². The molecule has 2 aliphatic rings. The standard InChI is InChI=1S/C16H21ClN2O/c17-13-8-4-3-7-12(13)16-14(18)9-10-15(20)19(16)11-5-1-2-6-11/h3-4,7-8,11,14,16H,1-2,5-6,9-10,18H2. The topological polar surface area (TPSA) is 46.3 Å². The van der Waals surface area contributed by atoms with Gasteiger partial charge in [0.05, 0.1) is 6.04 Å². The van der Waals surface area contributed by atoms with Gasteiger partial charge in [0.1, 0.15) is 0 Å². The Morgan fingerprint density at radius 3 is 2.55 bits per heavy atom. The van der Waals surface area contributed by atoms with Crippen molar-refractivity contribution in [3.63, 3.8) is 0 Å². The van der Waals surface area contributed by atoms with Gasteiger partial charge in [-0.3, -0.25) is 4.79 Å². The summed E-state index contributed by atoms with van der Waals surface area (Å²) in [6, 6.07) is 8.04. The Hall–Kier alpha value is -1.06. The monoisotopic (exact) mass is 292 g/mol. The van der Waals surface area contributed by atoms with Crippen LogP contribution in [0.4, 0.5) is 0 Å². The van der Waals surface area contributed by atoms with Crippen molar-refractivity contribution in [3.8, 4) is 0 Å². The van der Waals surface area contributed by atoms with E-state index >= 15 is 0 Å². The van der Waals surface area contributed by atoms with Crippen LogP contribution in [0.1, 0.15) is 50.1 Å². The summed E-state index contributed by atoms with van der Waals surface area (Å²) in [7, 11) is 0. The number of amides is 1. The van der Waals surface area contributed by atoms with Gasteiger partial charge in [0.15, 0.2) is 0 Å². The first kappa shape index (κ1) is 13.9. The molecule has 108 valence electrons. The van der Waals surface area contributed by atoms with E-state index in [1.807, 2.05) is 29.2 Å². The van der Waals surface area contributed by atoms with Crippen LogP contribution in [0.5, 0.6) is 0 Å². The number of nitrogens with two attached hydrogens (primary N) is 1. The molecular weight excluding hydrogens is 272 g/mol. The first-order valence-corrected chi connectivity index (χ1v) is 7.87. The maximum atomic E-state index is 12.4. The Morgan fingerprint density at radius 2 is 1.85 bits per heavy atom. The molecule has 0 aromatic heterocycles. The lowest BCUT2D eigenvalue weighted by Gasteiger charge is -2.43. The first-order valence-electron chi connectivity index (χ1n) is 7.49. The van der Waals surface area contributed by atoms with Gasteiger partial charge >= 0.3 is 0 Å². The van der Waals surface area contributed by atoms with Crippen molar-refractivity contribution >= 4 is 17.5 Å². The number of hydrogen-bond donors (Lipinski definition) is 1. The molecule has 1 aromatic carbocycles. The molecule has 1 aliphatic heterocycles. The van der Waals surface area contributed by atoms with Gasteiger partial charge in [-0.15, -0.1) is 0 Å². The number of carbonyl (C=O) groups excluding carboxylic acids is 1. The van der Waals surface area contributed by atoms with Gasteiger partial charge < -0.3 is 10.6 Å². The van der Waals surface area contributed by atoms with Crippen LogP contribution < -0.4 is 5.73 Å². The zero-order valence-corrected chi connectivity index (χ0v) is 12.4. The third-order valence-corrected chi connectivity index (χ3v) is 4.97. The lowest BCUT2D eigenvalue weighted by Crippen LogP contribution is -2.52. The Kier molecular flexibility index (Phi) is 3.99. The van der Waals surface area contributed by atoms with Crippen LogP contribution in [0.2, 0.25) is 5.02 Å². The number of carbonyl (C=O) groups is 1. The van der Waals surface area contributed by atoms with Gasteiger partial charge in [0, 0.05) is 23.5 Å². The van der Waals surface area contributed by atoms with Crippen LogP contribution in [0.25, 0.3) is 0 Å². The molecule has 2 unspecified atom stereocenters. The molecule has 3 nitrogen and oxygen atoms in total. The first-order chi connectivity index (χ1) is 9.68. The van der Waals surface area contributed by atoms with E-state index in [2.05, 4.69) is 0 Å². The molecular formula is C16H21ClN2O. The number of nitrogens with zero attached hydrogens (tertiary/aromatic N) is 1. The minimum absolute atomic E-state index is 0.0202. The molecule has 1 saturated carbocycles. The molecule has 4 heteroatoms. The van der Waals surface area contributed by atoms with E-state index in [-0.39, 0.29) is 18.0 Å². The minimum atomic E-state index is -0.0620. The summed E-state index contributed by atoms with van der Waals surface area (Å²) in [5, 5.41) is 0.714. The number of hydrogen-bond acceptors (Lipinski definition) is 2. The molecule has 0 bridgehead atoms. The third-order valence-electron chi connectivity index (χ3n) is 4.63. The van der Waals surface area contributed by atoms with Gasteiger partial charge in [-0.2, -0.15) is 0 Å². The summed E-state index contributed by atoms with van der Waals surface area (Å²) in [4.78, 5) is 14.5. The highest BCUT2D eigenvalue weighted by Crippen LogP contribution is 2.39. The van der Waals surface area contributed by atoms with E-state index in [1.165, 1.54) is 12.8 Å². The van der Waals surface area contributed by atoms with E-state index in [0.717, 1.165) is 24.8 Å². The van der Waals surface area contributed by atoms with E-state index in [4.69, 9.17) is 17.3 Å². The van der Waals surface area contributed by atoms with Crippen LogP contribution in [-0.4, -0.2) is 22.9 Å². The Morgan fingerprint density at radius 1 is 1.15 bits per heavy atom. The number of piperidine rings is 1. The van der Waals surface area contributed by atoms with Gasteiger partial charge in [-0.25, -0.2) is 0 Å². The molecule has 2 N–H and O–H groups in total. The normalized spacial score (nSPS) is 28.1. The number of rotatable bonds is 2. The van der Waals surface area contributed by atoms with Crippen molar-refractivity contribution in [3.05, 3.63) is 34.9 Å². The largest absolute Gasteiger partial charge is 0.331 e. The fourth-order valence-electron chi connectivity index (χ4n) is 3.65. The zero-order valence-electron chi connectivity index (χ0n) is 11.6. The number of halogens is 1. The molecule has 1 aliphatic carbocycles. The molecule has 0 spiro atoms. The SMILES string of the molecule is NC1CCC(=O)N(C2CCCC2)C1c1ccccc1Cl. The third kappa shape index (κ3) is 2.45. The molecule has 2 fully saturated rings. The highest BCUT2D eigenvalue weighted by atomic mass is 35.5. The lowest BCUT2D eigenvalue weighted by molar-refractivity contribution is -0.140. The Bertz CT molecular complexity index is 499. The smallest absolute Gasteiger partial charge is 0.223 e. The average Bonchev–Trinajstić information content (AvgIpc) is 2.96. The van der Waals surface area contributed by atoms with E-state index < -0.39 is 0 Å². The molecule has 3 rings (SSSR count). The van der Waals surface area contributed by atoms with Crippen molar-refractivity contribution in [2.24, 2.45) is 5.73 Å². The summed E-state index contributed by atoms with van der Waals surface area (Å²) >= 11 is 6.35. The molecule has 1 aromatic rings. The van der Waals surface area contributed by atoms with Crippen molar-refractivity contribution in [2.75, 3.05) is 0 Å². The highest BCUT2D eigenvalue weighted by molar-refractivity contribution is 6.31. The zero-order chi connectivity index (χ0) is 14.1. The van der Waals surface area contributed by atoms with Crippen molar-refractivity contribution in [1.82, 2.24) is 4.90 Å². The molecule has 0 radical (unpaired) electrons.